The third-order valence-electron chi connectivity index (χ3n) is 10.8. The number of guanidine groups is 1. The van der Waals surface area contributed by atoms with E-state index in [0.29, 0.717) is 42.5 Å². The Hall–Kier alpha value is -4.70. The Bertz CT molecular complexity index is 1600. The summed E-state index contributed by atoms with van der Waals surface area (Å²) in [7, 11) is 3.65. The van der Waals surface area contributed by atoms with Crippen molar-refractivity contribution in [3.05, 3.63) is 35.9 Å². The molecule has 6 atom stereocenters. The van der Waals surface area contributed by atoms with Crippen LogP contribution in [-0.4, -0.2) is 127 Å². The van der Waals surface area contributed by atoms with E-state index in [9.17, 15) is 29.1 Å². The molecule has 2 bridgehead atoms. The Kier molecular flexibility index (Phi) is 10.4. The molecule has 1 unspecified atom stereocenters. The summed E-state index contributed by atoms with van der Waals surface area (Å²) in [5.74, 6) is -1.09. The molecule has 16 heteroatoms. The molecule has 0 aromatic heterocycles. The molecular weight excluding hydrogens is 648 g/mol. The number of ketones is 1. The van der Waals surface area contributed by atoms with Crippen molar-refractivity contribution in [2.75, 3.05) is 53.4 Å². The number of piperidine rings is 1. The van der Waals surface area contributed by atoms with Gasteiger partial charge in [0.05, 0.1) is 32.1 Å². The zero-order valence-electron chi connectivity index (χ0n) is 29.0. The molecule has 50 heavy (non-hydrogen) atoms. The maximum absolute atomic E-state index is 13.4. The Morgan fingerprint density at radius 3 is 2.72 bits per heavy atom. The largest absolute Gasteiger partial charge is 0.477 e. The Labute approximate surface area is 291 Å². The van der Waals surface area contributed by atoms with Crippen LogP contribution in [0.25, 0.3) is 0 Å². The van der Waals surface area contributed by atoms with Crippen molar-refractivity contribution in [2.45, 2.75) is 74.7 Å². The molecule has 0 radical (unpaired) electrons. The van der Waals surface area contributed by atoms with Crippen molar-refractivity contribution >= 4 is 35.6 Å². The molecular formula is C34H49N8O8+. The number of aliphatic hydroxyl groups is 1. The highest BCUT2D eigenvalue weighted by Gasteiger charge is 2.76. The van der Waals surface area contributed by atoms with Crippen LogP contribution in [0, 0.1) is 0 Å². The van der Waals surface area contributed by atoms with E-state index in [-0.39, 0.29) is 68.5 Å². The third kappa shape index (κ3) is 6.61. The summed E-state index contributed by atoms with van der Waals surface area (Å²) in [6.07, 6.45) is 2.60. The van der Waals surface area contributed by atoms with Crippen LogP contribution in [0.4, 0.5) is 4.79 Å². The van der Waals surface area contributed by atoms with Gasteiger partial charge in [0.25, 0.3) is 0 Å². The molecule has 5 rings (SSSR count). The molecule has 1 spiro atoms. The molecule has 4 aliphatic rings. The fourth-order valence-electron chi connectivity index (χ4n) is 8.37. The number of ether oxygens (including phenoxy) is 2. The lowest BCUT2D eigenvalue weighted by Crippen LogP contribution is -2.80. The Morgan fingerprint density at radius 1 is 1.26 bits per heavy atom. The van der Waals surface area contributed by atoms with Crippen molar-refractivity contribution in [3.63, 3.8) is 0 Å². The SMILES string of the molecule is C=CC[N+]1(C)CC[C@]23c4c5ccc(OC(=O)N(C)CCNC(=O)[C@H](CCCN=C(N)N)NC(=O)CNC(C)=O)c4O[C@H]2C(=O)CC[C@@]3(O)[C@@H]1C5. The van der Waals surface area contributed by atoms with E-state index in [1.54, 1.807) is 6.07 Å². The average Bonchev–Trinajstić information content (AvgIpc) is 3.42. The van der Waals surface area contributed by atoms with Gasteiger partial charge in [-0.05, 0) is 37.0 Å². The number of carbonyl (C=O) groups is 5. The average molecular weight is 698 g/mol. The summed E-state index contributed by atoms with van der Waals surface area (Å²) in [6.45, 7) is 6.73. The molecule has 1 saturated carbocycles. The van der Waals surface area contributed by atoms with Gasteiger partial charge >= 0.3 is 6.09 Å². The number of nitrogens with zero attached hydrogens (tertiary/aromatic N) is 3. The highest BCUT2D eigenvalue weighted by atomic mass is 16.6. The minimum Gasteiger partial charge on any atom is -0.477 e. The summed E-state index contributed by atoms with van der Waals surface area (Å²) < 4.78 is 12.8. The number of Topliss-reactive ketones (excluding diaryl/α,β-unsaturated/α-hetero) is 1. The lowest BCUT2D eigenvalue weighted by molar-refractivity contribution is -0.944. The number of rotatable bonds is 14. The smallest absolute Gasteiger partial charge is 0.415 e. The summed E-state index contributed by atoms with van der Waals surface area (Å²) in [6, 6.07) is 2.49. The summed E-state index contributed by atoms with van der Waals surface area (Å²) >= 11 is 0. The normalized spacial score (nSPS) is 27.5. The number of likely N-dealkylation sites (tertiary alicyclic amines) is 1. The van der Waals surface area contributed by atoms with Crippen molar-refractivity contribution in [3.8, 4) is 11.5 Å². The maximum atomic E-state index is 13.4. The number of amides is 4. The highest BCUT2D eigenvalue weighted by Crippen LogP contribution is 2.65. The van der Waals surface area contributed by atoms with Gasteiger partial charge in [0, 0.05) is 58.4 Å². The zero-order valence-corrected chi connectivity index (χ0v) is 29.0. The van der Waals surface area contributed by atoms with Crippen molar-refractivity contribution in [1.29, 1.82) is 0 Å². The molecule has 2 aliphatic heterocycles. The quantitative estimate of drug-likeness (QED) is 0.0455. The molecule has 272 valence electrons. The highest BCUT2D eigenvalue weighted by molar-refractivity contribution is 5.91. The van der Waals surface area contributed by atoms with Gasteiger partial charge in [-0.3, -0.25) is 24.2 Å². The fourth-order valence-corrected chi connectivity index (χ4v) is 8.37. The van der Waals surface area contributed by atoms with E-state index < -0.39 is 41.1 Å². The van der Waals surface area contributed by atoms with Gasteiger partial charge in [-0.2, -0.15) is 0 Å². The first kappa shape index (κ1) is 36.6. The van der Waals surface area contributed by atoms with Gasteiger partial charge < -0.3 is 51.4 Å². The molecule has 2 fully saturated rings. The van der Waals surface area contributed by atoms with Gasteiger partial charge in [0.1, 0.15) is 17.7 Å². The van der Waals surface area contributed by atoms with Crippen LogP contribution >= 0.6 is 0 Å². The number of aliphatic imine (C=N–C) groups is 1. The predicted molar refractivity (Wildman–Crippen MR) is 182 cm³/mol. The van der Waals surface area contributed by atoms with Crippen molar-refractivity contribution in [2.24, 2.45) is 16.5 Å². The zero-order chi connectivity index (χ0) is 36.4. The van der Waals surface area contributed by atoms with Crippen LogP contribution in [0.15, 0.2) is 29.8 Å². The second-order valence-electron chi connectivity index (χ2n) is 14.0. The first-order valence-corrected chi connectivity index (χ1v) is 17.0. The molecule has 1 aromatic rings. The molecule has 2 heterocycles. The first-order chi connectivity index (χ1) is 23.7. The topological polar surface area (TPSA) is 228 Å². The molecule has 4 amide bonds. The molecule has 2 aliphatic carbocycles. The lowest BCUT2D eigenvalue weighted by Gasteiger charge is -2.64. The number of nitrogens with one attached hydrogen (secondary N) is 3. The van der Waals surface area contributed by atoms with E-state index in [0.717, 1.165) is 17.7 Å². The molecule has 16 nitrogen and oxygen atoms in total. The third-order valence-corrected chi connectivity index (χ3v) is 10.8. The maximum Gasteiger partial charge on any atom is 0.415 e. The minimum atomic E-state index is -1.18. The van der Waals surface area contributed by atoms with E-state index in [1.807, 2.05) is 12.1 Å². The van der Waals surface area contributed by atoms with Gasteiger partial charge in [0.2, 0.25) is 17.7 Å². The number of benzene rings is 1. The first-order valence-electron chi connectivity index (χ1n) is 17.0. The van der Waals surface area contributed by atoms with Crippen LogP contribution in [-0.2, 0) is 31.0 Å². The van der Waals surface area contributed by atoms with Gasteiger partial charge in [-0.1, -0.05) is 12.6 Å². The standard InChI is InChI=1S/C34H48N8O8/c1-5-16-42(4)17-12-33-27-21-8-9-24(28(27)50-29(33)23(44)10-11-34(33,48)25(42)18-21)49-32(47)41(3)15-14-37-30(46)22(7-6-13-38-31(35)36)40-26(45)19-39-20(2)43/h5,8-9,22,25,29,48H,1,6-7,10-19H2,2-4H3,(H6-,35,36,37,38,39,40,43,45,46)/p+1/t22-,25-,29-,33-,34+,42?/m0/s1. The minimum absolute atomic E-state index is 0.0414. The fraction of sp³-hybridized carbons (Fsp3) is 0.588. The van der Waals surface area contributed by atoms with E-state index >= 15 is 0 Å². The van der Waals surface area contributed by atoms with E-state index in [1.165, 1.54) is 18.9 Å². The second-order valence-corrected chi connectivity index (χ2v) is 14.0. The van der Waals surface area contributed by atoms with Crippen molar-refractivity contribution in [1.82, 2.24) is 20.9 Å². The number of carbonyl (C=O) groups excluding carboxylic acids is 5. The van der Waals surface area contributed by atoms with Gasteiger partial charge in [0.15, 0.2) is 29.3 Å². The number of nitrogens with two attached hydrogens (primary N) is 2. The molecule has 8 N–H and O–H groups in total. The van der Waals surface area contributed by atoms with E-state index in [4.69, 9.17) is 20.9 Å². The molecule has 1 aromatic carbocycles. The molecule has 1 saturated heterocycles. The number of hydrogen-bond donors (Lipinski definition) is 6. The Morgan fingerprint density at radius 2 is 2.02 bits per heavy atom. The number of quaternary nitrogens is 1. The summed E-state index contributed by atoms with van der Waals surface area (Å²) in [5, 5.41) is 20.2. The Balaban J connectivity index is 1.25. The summed E-state index contributed by atoms with van der Waals surface area (Å²) in [5.41, 5.74) is 10.4. The van der Waals surface area contributed by atoms with Crippen LogP contribution in [0.1, 0.15) is 50.2 Å². The number of likely N-dealkylation sites (N-methyl/N-ethyl adjacent to an activating group) is 2. The predicted octanol–water partition coefficient (Wildman–Crippen LogP) is -1.04. The van der Waals surface area contributed by atoms with Gasteiger partial charge in [-0.25, -0.2) is 4.79 Å². The number of hydrogen-bond acceptors (Lipinski definition) is 9. The van der Waals surface area contributed by atoms with Crippen LogP contribution in [0.3, 0.4) is 0 Å². The summed E-state index contributed by atoms with van der Waals surface area (Å²) in [4.78, 5) is 68.3. The van der Waals surface area contributed by atoms with Crippen LogP contribution in [0.2, 0.25) is 0 Å². The second kappa shape index (κ2) is 14.3. The van der Waals surface area contributed by atoms with Crippen LogP contribution < -0.4 is 36.9 Å². The van der Waals surface area contributed by atoms with E-state index in [2.05, 4.69) is 34.6 Å². The lowest BCUT2D eigenvalue weighted by atomic mass is 9.48. The monoisotopic (exact) mass is 697 g/mol. The van der Waals surface area contributed by atoms with Crippen molar-refractivity contribution < 1.29 is 43.0 Å². The van der Waals surface area contributed by atoms with Crippen LogP contribution in [0.5, 0.6) is 11.5 Å². The van der Waals surface area contributed by atoms with Gasteiger partial charge in [-0.15, -0.1) is 0 Å².